The van der Waals surface area contributed by atoms with Crippen molar-refractivity contribution in [3.05, 3.63) is 35.6 Å². The number of carboxylic acids is 1. The summed E-state index contributed by atoms with van der Waals surface area (Å²) in [6, 6.07) is 7.40. The van der Waals surface area contributed by atoms with E-state index >= 15 is 0 Å². The Balaban J connectivity index is 2.15. The third-order valence-corrected chi connectivity index (χ3v) is 3.40. The number of carbonyl (C=O) groups is 2. The highest BCUT2D eigenvalue weighted by molar-refractivity contribution is 5.99. The first kappa shape index (κ1) is 14.1. The molecule has 0 saturated heterocycles. The average Bonchev–Trinajstić information content (AvgIpc) is 2.77. The molecule has 0 aliphatic rings. The minimum absolute atomic E-state index is 0.0984. The van der Waals surface area contributed by atoms with Crippen molar-refractivity contribution in [1.82, 2.24) is 5.32 Å². The number of hydrogen-bond donors (Lipinski definition) is 2. The maximum absolute atomic E-state index is 12.1. The highest BCUT2D eigenvalue weighted by Crippen LogP contribution is 2.24. The van der Waals surface area contributed by atoms with Gasteiger partial charge in [-0.1, -0.05) is 25.1 Å². The SMILES string of the molecule is CCC(CNC(=O)c1oc2ccccc2c1C)C(=O)O. The van der Waals surface area contributed by atoms with Crippen molar-refractivity contribution in [2.75, 3.05) is 6.54 Å². The fraction of sp³-hybridized carbons (Fsp3) is 0.333. The van der Waals surface area contributed by atoms with E-state index in [1.807, 2.05) is 25.1 Å². The summed E-state index contributed by atoms with van der Waals surface area (Å²) in [5.41, 5.74) is 1.42. The lowest BCUT2D eigenvalue weighted by Crippen LogP contribution is -2.32. The number of amides is 1. The topological polar surface area (TPSA) is 79.5 Å². The zero-order valence-corrected chi connectivity index (χ0v) is 11.5. The van der Waals surface area contributed by atoms with Crippen LogP contribution < -0.4 is 5.32 Å². The molecule has 2 N–H and O–H groups in total. The van der Waals surface area contributed by atoms with Gasteiger partial charge in [0.05, 0.1) is 5.92 Å². The van der Waals surface area contributed by atoms with Gasteiger partial charge in [-0.25, -0.2) is 0 Å². The summed E-state index contributed by atoms with van der Waals surface area (Å²) in [5.74, 6) is -1.62. The third-order valence-electron chi connectivity index (χ3n) is 3.40. The van der Waals surface area contributed by atoms with Crippen LogP contribution in [0.3, 0.4) is 0 Å². The summed E-state index contributed by atoms with van der Waals surface area (Å²) in [6.07, 6.45) is 0.467. The van der Waals surface area contributed by atoms with E-state index in [4.69, 9.17) is 9.52 Å². The predicted octanol–water partition coefficient (Wildman–Crippen LogP) is 2.58. The number of benzene rings is 1. The Bertz CT molecular complexity index is 644. The molecule has 1 aromatic carbocycles. The van der Waals surface area contributed by atoms with Gasteiger partial charge in [0, 0.05) is 17.5 Å². The maximum atomic E-state index is 12.1. The molecule has 5 heteroatoms. The molecule has 2 rings (SSSR count). The molecule has 1 unspecified atom stereocenters. The predicted molar refractivity (Wildman–Crippen MR) is 74.7 cm³/mol. The Kier molecular flexibility index (Phi) is 4.08. The molecular formula is C15H17NO4. The van der Waals surface area contributed by atoms with Gasteiger partial charge < -0.3 is 14.8 Å². The summed E-state index contributed by atoms with van der Waals surface area (Å²) in [6.45, 7) is 3.69. The molecule has 1 atom stereocenters. The van der Waals surface area contributed by atoms with Gasteiger partial charge in [0.1, 0.15) is 5.58 Å². The molecule has 0 aliphatic carbocycles. The van der Waals surface area contributed by atoms with Crippen molar-refractivity contribution in [2.24, 2.45) is 5.92 Å². The Morgan fingerprint density at radius 3 is 2.65 bits per heavy atom. The van der Waals surface area contributed by atoms with Gasteiger partial charge >= 0.3 is 5.97 Å². The number of hydrogen-bond acceptors (Lipinski definition) is 3. The monoisotopic (exact) mass is 275 g/mol. The molecular weight excluding hydrogens is 258 g/mol. The molecule has 0 spiro atoms. The first-order chi connectivity index (χ1) is 9.54. The second-order valence-corrected chi connectivity index (χ2v) is 4.71. The number of fused-ring (bicyclic) bond motifs is 1. The molecule has 1 amide bonds. The van der Waals surface area contributed by atoms with Crippen LogP contribution in [0.5, 0.6) is 0 Å². The number of para-hydroxylation sites is 1. The molecule has 0 fully saturated rings. The lowest BCUT2D eigenvalue weighted by Gasteiger charge is -2.10. The number of aliphatic carboxylic acids is 1. The normalized spacial score (nSPS) is 12.3. The fourth-order valence-corrected chi connectivity index (χ4v) is 2.09. The van der Waals surface area contributed by atoms with E-state index < -0.39 is 11.9 Å². The highest BCUT2D eigenvalue weighted by atomic mass is 16.4. The Hall–Kier alpha value is -2.30. The Morgan fingerprint density at radius 2 is 2.05 bits per heavy atom. The lowest BCUT2D eigenvalue weighted by molar-refractivity contribution is -0.141. The number of aryl methyl sites for hydroxylation is 1. The Labute approximate surface area is 116 Å². The van der Waals surface area contributed by atoms with Crippen LogP contribution in [0, 0.1) is 12.8 Å². The number of nitrogens with one attached hydrogen (secondary N) is 1. The molecule has 2 aromatic rings. The van der Waals surface area contributed by atoms with Gasteiger partial charge in [0.15, 0.2) is 5.76 Å². The fourth-order valence-electron chi connectivity index (χ4n) is 2.09. The van der Waals surface area contributed by atoms with Crippen molar-refractivity contribution in [3.63, 3.8) is 0 Å². The Morgan fingerprint density at radius 1 is 1.35 bits per heavy atom. The van der Waals surface area contributed by atoms with E-state index in [0.29, 0.717) is 12.0 Å². The van der Waals surface area contributed by atoms with E-state index in [2.05, 4.69) is 5.32 Å². The minimum Gasteiger partial charge on any atom is -0.481 e. The second-order valence-electron chi connectivity index (χ2n) is 4.71. The van der Waals surface area contributed by atoms with Gasteiger partial charge in [-0.2, -0.15) is 0 Å². The largest absolute Gasteiger partial charge is 0.481 e. The summed E-state index contributed by atoms with van der Waals surface area (Å²) >= 11 is 0. The molecule has 106 valence electrons. The minimum atomic E-state index is -0.908. The van der Waals surface area contributed by atoms with Crippen LogP contribution in [0.25, 0.3) is 11.0 Å². The number of carbonyl (C=O) groups excluding carboxylic acids is 1. The number of furan rings is 1. The zero-order chi connectivity index (χ0) is 14.7. The van der Waals surface area contributed by atoms with Crippen molar-refractivity contribution in [1.29, 1.82) is 0 Å². The summed E-state index contributed by atoms with van der Waals surface area (Å²) in [5, 5.41) is 12.5. The quantitative estimate of drug-likeness (QED) is 0.879. The van der Waals surface area contributed by atoms with Crippen molar-refractivity contribution < 1.29 is 19.1 Å². The van der Waals surface area contributed by atoms with Crippen LogP contribution in [0.4, 0.5) is 0 Å². The van der Waals surface area contributed by atoms with E-state index in [-0.39, 0.29) is 18.2 Å². The van der Waals surface area contributed by atoms with E-state index in [1.54, 1.807) is 13.0 Å². The van der Waals surface area contributed by atoms with Crippen molar-refractivity contribution >= 4 is 22.8 Å². The van der Waals surface area contributed by atoms with Gasteiger partial charge in [-0.05, 0) is 19.4 Å². The molecule has 0 bridgehead atoms. The van der Waals surface area contributed by atoms with Crippen LogP contribution in [-0.2, 0) is 4.79 Å². The second kappa shape index (κ2) is 5.77. The molecule has 1 heterocycles. The molecule has 0 aliphatic heterocycles. The summed E-state index contributed by atoms with van der Waals surface area (Å²) in [7, 11) is 0. The van der Waals surface area contributed by atoms with Crippen molar-refractivity contribution in [3.8, 4) is 0 Å². The number of rotatable bonds is 5. The smallest absolute Gasteiger partial charge is 0.308 e. The highest BCUT2D eigenvalue weighted by Gasteiger charge is 2.20. The van der Waals surface area contributed by atoms with Gasteiger partial charge in [-0.15, -0.1) is 0 Å². The third kappa shape index (κ3) is 2.66. The first-order valence-corrected chi connectivity index (χ1v) is 6.53. The van der Waals surface area contributed by atoms with Gasteiger partial charge in [-0.3, -0.25) is 9.59 Å². The molecule has 5 nitrogen and oxygen atoms in total. The standard InChI is InChI=1S/C15H17NO4/c1-3-10(15(18)19)8-16-14(17)13-9(2)11-6-4-5-7-12(11)20-13/h4-7,10H,3,8H2,1-2H3,(H,16,17)(H,18,19). The molecule has 0 radical (unpaired) electrons. The van der Waals surface area contributed by atoms with E-state index in [9.17, 15) is 9.59 Å². The molecule has 20 heavy (non-hydrogen) atoms. The average molecular weight is 275 g/mol. The van der Waals surface area contributed by atoms with Crippen LogP contribution in [0.2, 0.25) is 0 Å². The van der Waals surface area contributed by atoms with Crippen LogP contribution >= 0.6 is 0 Å². The van der Waals surface area contributed by atoms with Crippen LogP contribution in [0.15, 0.2) is 28.7 Å². The zero-order valence-electron chi connectivity index (χ0n) is 11.5. The maximum Gasteiger partial charge on any atom is 0.308 e. The lowest BCUT2D eigenvalue weighted by atomic mass is 10.1. The molecule has 0 saturated carbocycles. The first-order valence-electron chi connectivity index (χ1n) is 6.53. The van der Waals surface area contributed by atoms with Gasteiger partial charge in [0.2, 0.25) is 0 Å². The van der Waals surface area contributed by atoms with Crippen LogP contribution in [0.1, 0.15) is 29.5 Å². The summed E-state index contributed by atoms with van der Waals surface area (Å²) in [4.78, 5) is 23.0. The molecule has 1 aromatic heterocycles. The summed E-state index contributed by atoms with van der Waals surface area (Å²) < 4.78 is 5.53. The van der Waals surface area contributed by atoms with E-state index in [0.717, 1.165) is 10.9 Å². The van der Waals surface area contributed by atoms with Gasteiger partial charge in [0.25, 0.3) is 5.91 Å². The van der Waals surface area contributed by atoms with Crippen molar-refractivity contribution in [2.45, 2.75) is 20.3 Å². The number of carboxylic acid groups (broad SMARTS) is 1. The van der Waals surface area contributed by atoms with E-state index in [1.165, 1.54) is 0 Å². The van der Waals surface area contributed by atoms with Crippen LogP contribution in [-0.4, -0.2) is 23.5 Å².